The zero-order chi connectivity index (χ0) is 28.3. The number of aryl methyl sites for hydroxylation is 1. The molecule has 1 amide bonds. The number of aromatic nitrogens is 2. The van der Waals surface area contributed by atoms with Crippen LogP contribution in [-0.4, -0.2) is 29.2 Å². The Morgan fingerprint density at radius 2 is 1.69 bits per heavy atom. The Morgan fingerprint density at radius 3 is 2.33 bits per heavy atom. The van der Waals surface area contributed by atoms with E-state index in [-0.39, 0.29) is 30.1 Å². The van der Waals surface area contributed by atoms with E-state index in [9.17, 15) is 22.2 Å². The van der Waals surface area contributed by atoms with Crippen LogP contribution in [0.15, 0.2) is 97.6 Å². The highest BCUT2D eigenvalue weighted by Gasteiger charge is 2.19. The lowest BCUT2D eigenvalue weighted by atomic mass is 10.0. The van der Waals surface area contributed by atoms with Gasteiger partial charge in [0, 0.05) is 11.4 Å². The molecule has 0 fully saturated rings. The molecule has 0 saturated heterocycles. The first-order valence-electron chi connectivity index (χ1n) is 12.4. The Bertz CT molecular complexity index is 1440. The quantitative estimate of drug-likeness (QED) is 0.232. The summed E-state index contributed by atoms with van der Waals surface area (Å²) in [5, 5.41) is 2.78. The second-order valence-corrected chi connectivity index (χ2v) is 10.5. The SMILES string of the molecule is CCS(=O)(=O)[O-].Cc1ccccc1C(Cn1cc[n+](CC(=O)Nc2ccc(F)cc2)c1)OCc1ccccc1. The number of imidazole rings is 1. The minimum absolute atomic E-state index is 0.139. The van der Waals surface area contributed by atoms with E-state index in [4.69, 9.17) is 4.74 Å². The molecule has 4 rings (SSSR count). The normalized spacial score (nSPS) is 11.8. The summed E-state index contributed by atoms with van der Waals surface area (Å²) in [6.07, 6.45) is 5.54. The van der Waals surface area contributed by atoms with E-state index in [2.05, 4.69) is 36.5 Å². The van der Waals surface area contributed by atoms with E-state index in [0.29, 0.717) is 18.8 Å². The maximum absolute atomic E-state index is 13.0. The number of carbonyl (C=O) groups excluding carboxylic acids is 1. The molecule has 0 bridgehead atoms. The highest BCUT2D eigenvalue weighted by atomic mass is 32.2. The number of ether oxygens (including phenoxy) is 1. The van der Waals surface area contributed by atoms with Gasteiger partial charge in [0.1, 0.15) is 30.9 Å². The molecule has 10 heteroatoms. The van der Waals surface area contributed by atoms with Crippen molar-refractivity contribution in [1.29, 1.82) is 0 Å². The molecule has 206 valence electrons. The number of hydrogen-bond acceptors (Lipinski definition) is 5. The minimum atomic E-state index is -3.91. The van der Waals surface area contributed by atoms with Crippen molar-refractivity contribution < 1.29 is 31.5 Å². The number of carbonyl (C=O) groups is 1. The summed E-state index contributed by atoms with van der Waals surface area (Å²) < 4.78 is 51.5. The van der Waals surface area contributed by atoms with Crippen LogP contribution in [0.1, 0.15) is 29.7 Å². The maximum atomic E-state index is 13.0. The van der Waals surface area contributed by atoms with Crippen LogP contribution in [0.4, 0.5) is 10.1 Å². The summed E-state index contributed by atoms with van der Waals surface area (Å²) in [5.41, 5.74) is 4.00. The molecule has 0 radical (unpaired) electrons. The molecule has 0 saturated carbocycles. The van der Waals surface area contributed by atoms with E-state index < -0.39 is 10.1 Å². The van der Waals surface area contributed by atoms with Crippen LogP contribution < -0.4 is 9.88 Å². The fraction of sp³-hybridized carbons (Fsp3) is 0.241. The number of nitrogens with zero attached hydrogens (tertiary/aromatic N) is 2. The first kappa shape index (κ1) is 29.7. The molecule has 1 aromatic heterocycles. The Labute approximate surface area is 228 Å². The van der Waals surface area contributed by atoms with Crippen LogP contribution in [0.5, 0.6) is 0 Å². The second-order valence-electron chi connectivity index (χ2n) is 8.83. The monoisotopic (exact) mass is 553 g/mol. The minimum Gasteiger partial charge on any atom is -0.748 e. The Hall–Kier alpha value is -3.86. The molecule has 8 nitrogen and oxygen atoms in total. The Morgan fingerprint density at radius 1 is 1.05 bits per heavy atom. The zero-order valence-electron chi connectivity index (χ0n) is 21.9. The fourth-order valence-corrected chi connectivity index (χ4v) is 3.69. The summed E-state index contributed by atoms with van der Waals surface area (Å²) in [6.45, 7) is 4.68. The molecule has 3 aromatic carbocycles. The van der Waals surface area contributed by atoms with Crippen molar-refractivity contribution in [1.82, 2.24) is 4.57 Å². The molecule has 4 aromatic rings. The van der Waals surface area contributed by atoms with E-state index in [0.717, 1.165) is 11.1 Å². The predicted molar refractivity (Wildman–Crippen MR) is 145 cm³/mol. The second kappa shape index (κ2) is 14.3. The number of nitrogens with one attached hydrogen (secondary N) is 1. The van der Waals surface area contributed by atoms with Crippen LogP contribution in [-0.2, 0) is 39.3 Å². The maximum Gasteiger partial charge on any atom is 0.266 e. The molecule has 1 unspecified atom stereocenters. The van der Waals surface area contributed by atoms with Crippen LogP contribution >= 0.6 is 0 Å². The number of halogens is 1. The van der Waals surface area contributed by atoms with Crippen LogP contribution in [0.2, 0.25) is 0 Å². The van der Waals surface area contributed by atoms with Crippen LogP contribution in [0.3, 0.4) is 0 Å². The van der Waals surface area contributed by atoms with Gasteiger partial charge < -0.3 is 14.6 Å². The summed E-state index contributed by atoms with van der Waals surface area (Å²) in [4.78, 5) is 12.4. The first-order valence-corrected chi connectivity index (χ1v) is 14.0. The van der Waals surface area contributed by atoms with Gasteiger partial charge in [-0.15, -0.1) is 0 Å². The molecular formula is C29H32FN3O5S. The third-order valence-electron chi connectivity index (χ3n) is 5.76. The predicted octanol–water partition coefficient (Wildman–Crippen LogP) is 4.37. The molecule has 0 aliphatic rings. The molecule has 1 atom stereocenters. The van der Waals surface area contributed by atoms with Gasteiger partial charge >= 0.3 is 0 Å². The zero-order valence-corrected chi connectivity index (χ0v) is 22.7. The van der Waals surface area contributed by atoms with Gasteiger partial charge in [-0.3, -0.25) is 4.79 Å². The van der Waals surface area contributed by atoms with Gasteiger partial charge in [-0.25, -0.2) is 21.9 Å². The van der Waals surface area contributed by atoms with E-state index in [1.807, 2.05) is 58.2 Å². The molecule has 39 heavy (non-hydrogen) atoms. The van der Waals surface area contributed by atoms with Gasteiger partial charge in [0.15, 0.2) is 6.54 Å². The summed E-state index contributed by atoms with van der Waals surface area (Å²) in [5.74, 6) is -0.829. The largest absolute Gasteiger partial charge is 0.748 e. The van der Waals surface area contributed by atoms with E-state index in [1.54, 1.807) is 12.1 Å². The smallest absolute Gasteiger partial charge is 0.266 e. The topological polar surface area (TPSA) is 104 Å². The van der Waals surface area contributed by atoms with Gasteiger partial charge in [0.2, 0.25) is 6.33 Å². The van der Waals surface area contributed by atoms with Crippen molar-refractivity contribution >= 4 is 21.7 Å². The lowest BCUT2D eigenvalue weighted by Crippen LogP contribution is -2.38. The van der Waals surface area contributed by atoms with E-state index >= 15 is 0 Å². The van der Waals surface area contributed by atoms with E-state index in [1.165, 1.54) is 24.6 Å². The van der Waals surface area contributed by atoms with Gasteiger partial charge in [0.05, 0.1) is 16.7 Å². The van der Waals surface area contributed by atoms with Crippen molar-refractivity contribution in [3.63, 3.8) is 0 Å². The van der Waals surface area contributed by atoms with Crippen LogP contribution in [0.25, 0.3) is 0 Å². The molecular weight excluding hydrogens is 521 g/mol. The lowest BCUT2D eigenvalue weighted by molar-refractivity contribution is -0.683. The Balaban J connectivity index is 0.000000631. The molecule has 0 aliphatic heterocycles. The molecule has 0 spiro atoms. The highest BCUT2D eigenvalue weighted by Crippen LogP contribution is 2.24. The first-order chi connectivity index (χ1) is 18.6. The average Bonchev–Trinajstić information content (AvgIpc) is 3.35. The van der Waals surface area contributed by atoms with Crippen LogP contribution in [0, 0.1) is 12.7 Å². The van der Waals surface area contributed by atoms with Crippen molar-refractivity contribution in [3.05, 3.63) is 120 Å². The third-order valence-corrected chi connectivity index (χ3v) is 6.47. The number of rotatable bonds is 10. The van der Waals surface area contributed by atoms with Gasteiger partial charge in [-0.05, 0) is 47.9 Å². The summed E-state index contributed by atoms with van der Waals surface area (Å²) >= 11 is 0. The molecule has 1 heterocycles. The van der Waals surface area contributed by atoms with Gasteiger partial charge in [0.25, 0.3) is 5.91 Å². The van der Waals surface area contributed by atoms with Crippen molar-refractivity contribution in [2.45, 2.75) is 39.6 Å². The number of hydrogen-bond donors (Lipinski definition) is 1. The number of amides is 1. The molecule has 1 N–H and O–H groups in total. The number of benzene rings is 3. The molecule has 0 aliphatic carbocycles. The van der Waals surface area contributed by atoms with Gasteiger partial charge in [-0.1, -0.05) is 61.5 Å². The summed E-state index contributed by atoms with van der Waals surface area (Å²) in [6, 6.07) is 24.1. The average molecular weight is 554 g/mol. The van der Waals surface area contributed by atoms with Gasteiger partial charge in [-0.2, -0.15) is 0 Å². The highest BCUT2D eigenvalue weighted by molar-refractivity contribution is 7.85. The number of anilines is 1. The fourth-order valence-electron chi connectivity index (χ4n) is 3.69. The van der Waals surface area contributed by atoms with Crippen molar-refractivity contribution in [3.8, 4) is 0 Å². The standard InChI is InChI=1S/C27H26FN3O2.C2H6O3S/c1-21-7-5-6-10-25(21)26(33-19-22-8-3-2-4-9-22)17-30-15-16-31(20-30)18-27(32)29-24-13-11-23(28)12-14-24;1-2-6(3,4)5/h2-16,20,26H,17-19H2,1H3;2H2,1H3,(H,3,4,5). The Kier molecular flexibility index (Phi) is 10.9. The third kappa shape index (κ3) is 10.4. The van der Waals surface area contributed by atoms with Crippen molar-refractivity contribution in [2.24, 2.45) is 0 Å². The summed E-state index contributed by atoms with van der Waals surface area (Å²) in [7, 11) is -3.91. The lowest BCUT2D eigenvalue weighted by Gasteiger charge is -2.19. The van der Waals surface area contributed by atoms with Crippen molar-refractivity contribution in [2.75, 3.05) is 11.1 Å².